The van der Waals surface area contributed by atoms with E-state index in [1.54, 1.807) is 0 Å². The van der Waals surface area contributed by atoms with Crippen molar-refractivity contribution < 1.29 is 29.6 Å². The number of rotatable bonds is 5. The largest absolute Gasteiger partial charge is 1.00 e. The Kier molecular flexibility index (Phi) is 20.7. The molecule has 0 atom stereocenters. The van der Waals surface area contributed by atoms with Gasteiger partial charge >= 0.3 is 29.6 Å². The predicted molar refractivity (Wildman–Crippen MR) is 86.2 cm³/mol. The van der Waals surface area contributed by atoms with E-state index in [9.17, 15) is 0 Å². The first-order chi connectivity index (χ1) is 10.3. The Hall–Kier alpha value is -0.170. The molecule has 0 saturated carbocycles. The molecule has 0 radical (unpaired) electrons. The smallest absolute Gasteiger partial charge is 0.373 e. The Bertz CT molecular complexity index is 319. The Morgan fingerprint density at radius 3 is 1.64 bits per heavy atom. The van der Waals surface area contributed by atoms with Gasteiger partial charge in [0.2, 0.25) is 0 Å². The number of nitrogens with zero attached hydrogens (tertiary/aromatic N) is 8. The molecule has 2 heterocycles. The number of alkyl halides is 1. The van der Waals surface area contributed by atoms with E-state index in [0.717, 1.165) is 19.0 Å². The maximum absolute atomic E-state index is 7.98. The van der Waals surface area contributed by atoms with Crippen molar-refractivity contribution in [3.8, 4) is 0 Å². The number of halogens is 1. The molecule has 2 aliphatic rings. The first-order valence-corrected chi connectivity index (χ1v) is 7.82. The number of azide groups is 1. The molecule has 0 spiro atoms. The fourth-order valence-corrected chi connectivity index (χ4v) is 2.60. The predicted octanol–water partition coefficient (Wildman–Crippen LogP) is 0.584. The number of likely N-dealkylation sites (tertiary alicyclic amines) is 2. The zero-order valence-electron chi connectivity index (χ0n) is 13.4. The Morgan fingerprint density at radius 2 is 1.27 bits per heavy atom. The van der Waals surface area contributed by atoms with E-state index in [1.807, 2.05) is 0 Å². The van der Waals surface area contributed by atoms with Gasteiger partial charge in [0.25, 0.3) is 0 Å². The summed E-state index contributed by atoms with van der Waals surface area (Å²) in [5.41, 5.74) is 21.5. The average molecular weight is 339 g/mol. The molecule has 8 nitrogen and oxygen atoms in total. The minimum atomic E-state index is 0. The first kappa shape index (κ1) is 24.1. The molecule has 0 amide bonds. The molecule has 2 rings (SSSR count). The van der Waals surface area contributed by atoms with Crippen molar-refractivity contribution in [1.82, 2.24) is 9.80 Å². The third-order valence-corrected chi connectivity index (χ3v) is 3.55. The molecular formula is C12H24ClN8Na. The van der Waals surface area contributed by atoms with Crippen LogP contribution in [0, 0.1) is 0 Å². The van der Waals surface area contributed by atoms with Crippen LogP contribution in [-0.4, -0.2) is 61.5 Å². The second-order valence-corrected chi connectivity index (χ2v) is 5.21. The van der Waals surface area contributed by atoms with Crippen LogP contribution in [0.5, 0.6) is 0 Å². The minimum absolute atomic E-state index is 0. The molecule has 0 aromatic carbocycles. The van der Waals surface area contributed by atoms with Gasteiger partial charge in [0, 0.05) is 30.4 Å². The molecule has 0 aliphatic carbocycles. The molecule has 0 bridgehead atoms. The maximum atomic E-state index is 7.98. The zero-order chi connectivity index (χ0) is 15.8. The van der Waals surface area contributed by atoms with Crippen molar-refractivity contribution in [2.75, 3.05) is 51.7 Å². The van der Waals surface area contributed by atoms with Gasteiger partial charge in [0.05, 0.1) is 0 Å². The summed E-state index contributed by atoms with van der Waals surface area (Å²) in [4.78, 5) is 8.93. The Labute approximate surface area is 159 Å². The summed E-state index contributed by atoms with van der Waals surface area (Å²) >= 11 is 5.54. The van der Waals surface area contributed by atoms with Crippen LogP contribution >= 0.6 is 11.6 Å². The van der Waals surface area contributed by atoms with Gasteiger partial charge in [-0.1, -0.05) is 5.11 Å². The normalized spacial score (nSPS) is 17.0. The van der Waals surface area contributed by atoms with Crippen LogP contribution < -0.4 is 29.6 Å². The minimum Gasteiger partial charge on any atom is -0.373 e. The fourth-order valence-electron chi connectivity index (χ4n) is 2.36. The maximum Gasteiger partial charge on any atom is 1.00 e. The van der Waals surface area contributed by atoms with Crippen molar-refractivity contribution in [1.29, 1.82) is 0 Å². The summed E-state index contributed by atoms with van der Waals surface area (Å²) in [6.45, 7) is 7.55. The van der Waals surface area contributed by atoms with Crippen LogP contribution in [0.4, 0.5) is 0 Å². The summed E-state index contributed by atoms with van der Waals surface area (Å²) < 4.78 is 0. The second kappa shape index (κ2) is 18.9. The fraction of sp³-hybridized carbons (Fsp3) is 1.00. The van der Waals surface area contributed by atoms with Crippen molar-refractivity contribution in [2.24, 2.45) is 5.11 Å². The van der Waals surface area contributed by atoms with Gasteiger partial charge in [-0.15, -0.1) is 11.6 Å². The van der Waals surface area contributed by atoms with Crippen molar-refractivity contribution in [3.63, 3.8) is 0 Å². The molecule has 2 saturated heterocycles. The third-order valence-electron chi connectivity index (χ3n) is 3.38. The molecule has 120 valence electrons. The summed E-state index contributed by atoms with van der Waals surface area (Å²) in [6, 6.07) is 0. The standard InChI is InChI=1S/C6H12ClN.C6H12N4.N3.Na/c7-3-6-8-4-1-2-5-8;7-9-8-3-6-10-4-1-2-5-10;1-3-2;/h1-6H2;1-6H2;;/q;;-1;+1. The van der Waals surface area contributed by atoms with E-state index < -0.39 is 0 Å². The molecule has 2 fully saturated rings. The van der Waals surface area contributed by atoms with Gasteiger partial charge < -0.3 is 20.9 Å². The van der Waals surface area contributed by atoms with Gasteiger partial charge in [-0.2, -0.15) is 0 Å². The van der Waals surface area contributed by atoms with Gasteiger partial charge in [-0.25, -0.2) is 0 Å². The van der Waals surface area contributed by atoms with Crippen LogP contribution in [0.2, 0.25) is 0 Å². The summed E-state index contributed by atoms with van der Waals surface area (Å²) in [5, 5.41) is 3.47. The quantitative estimate of drug-likeness (QED) is 0.240. The van der Waals surface area contributed by atoms with Gasteiger partial charge in [0.1, 0.15) is 0 Å². The average Bonchev–Trinajstić information content (AvgIpc) is 3.14. The van der Waals surface area contributed by atoms with E-state index in [4.69, 9.17) is 28.2 Å². The van der Waals surface area contributed by atoms with E-state index in [-0.39, 0.29) is 29.6 Å². The summed E-state index contributed by atoms with van der Waals surface area (Å²) in [7, 11) is 0. The van der Waals surface area contributed by atoms with Crippen LogP contribution in [0.15, 0.2) is 5.11 Å². The zero-order valence-corrected chi connectivity index (χ0v) is 16.2. The Morgan fingerprint density at radius 1 is 0.864 bits per heavy atom. The monoisotopic (exact) mass is 338 g/mol. The van der Waals surface area contributed by atoms with Crippen molar-refractivity contribution >= 4 is 11.6 Å². The summed E-state index contributed by atoms with van der Waals surface area (Å²) in [6.07, 6.45) is 5.35. The number of hydrogen-bond acceptors (Lipinski definition) is 3. The van der Waals surface area contributed by atoms with Gasteiger partial charge in [-0.3, -0.25) is 4.91 Å². The molecule has 22 heavy (non-hydrogen) atoms. The van der Waals surface area contributed by atoms with E-state index in [0.29, 0.717) is 6.54 Å². The van der Waals surface area contributed by atoms with Gasteiger partial charge in [0.15, 0.2) is 0 Å². The Balaban J connectivity index is 0. The second-order valence-electron chi connectivity index (χ2n) is 4.83. The molecule has 0 aromatic heterocycles. The van der Waals surface area contributed by atoms with Crippen LogP contribution in [0.25, 0.3) is 26.4 Å². The van der Waals surface area contributed by atoms with E-state index >= 15 is 0 Å². The molecule has 10 heteroatoms. The van der Waals surface area contributed by atoms with Crippen molar-refractivity contribution in [2.45, 2.75) is 25.7 Å². The third kappa shape index (κ3) is 14.8. The molecule has 0 aromatic rings. The van der Waals surface area contributed by atoms with Gasteiger partial charge in [-0.05, 0) is 57.4 Å². The first-order valence-electron chi connectivity index (χ1n) is 7.28. The van der Waals surface area contributed by atoms with Crippen LogP contribution in [0.1, 0.15) is 25.7 Å². The van der Waals surface area contributed by atoms with Crippen LogP contribution in [-0.2, 0) is 0 Å². The summed E-state index contributed by atoms with van der Waals surface area (Å²) in [5.74, 6) is 0.792. The van der Waals surface area contributed by atoms with E-state index in [1.165, 1.54) is 56.8 Å². The van der Waals surface area contributed by atoms with Crippen LogP contribution in [0.3, 0.4) is 0 Å². The molecule has 0 N–H and O–H groups in total. The molecule has 0 unspecified atom stereocenters. The SMILES string of the molecule is ClCCN1CCCC1.[N-]=[N+]=NCCN1CCCC1.[N-]=[N+]=[N-].[Na+]. The van der Waals surface area contributed by atoms with Crippen molar-refractivity contribution in [3.05, 3.63) is 26.4 Å². The molecule has 2 aliphatic heterocycles. The van der Waals surface area contributed by atoms with E-state index in [2.05, 4.69) is 19.8 Å². The number of hydrogen-bond donors (Lipinski definition) is 0. The molecular weight excluding hydrogens is 315 g/mol. The topological polar surface area (TPSA) is 114 Å².